The lowest BCUT2D eigenvalue weighted by Gasteiger charge is -2.14. The Hall–Kier alpha value is -4.58. The third-order valence-corrected chi connectivity index (χ3v) is 6.00. The van der Waals surface area contributed by atoms with E-state index in [4.69, 9.17) is 4.42 Å². The van der Waals surface area contributed by atoms with Gasteiger partial charge in [-0.3, -0.25) is 9.59 Å². The van der Waals surface area contributed by atoms with E-state index in [1.807, 2.05) is 59.2 Å². The van der Waals surface area contributed by atoms with Crippen LogP contribution in [0.15, 0.2) is 95.6 Å². The van der Waals surface area contributed by atoms with E-state index < -0.39 is 0 Å². The van der Waals surface area contributed by atoms with E-state index in [0.717, 1.165) is 27.7 Å². The number of anilines is 2. The van der Waals surface area contributed by atoms with Crippen molar-refractivity contribution in [1.29, 1.82) is 0 Å². The Morgan fingerprint density at radius 3 is 2.37 bits per heavy atom. The Balaban J connectivity index is 1.54. The smallest absolute Gasteiger partial charge is 0.291 e. The van der Waals surface area contributed by atoms with Gasteiger partial charge in [0.15, 0.2) is 5.76 Å². The van der Waals surface area contributed by atoms with E-state index in [0.29, 0.717) is 17.9 Å². The summed E-state index contributed by atoms with van der Waals surface area (Å²) in [5, 5.41) is 6.71. The molecule has 3 aromatic carbocycles. The summed E-state index contributed by atoms with van der Waals surface area (Å²) in [5.74, 6) is -0.286. The molecule has 2 N–H and O–H groups in total. The second kappa shape index (κ2) is 9.35. The van der Waals surface area contributed by atoms with Crippen LogP contribution < -0.4 is 10.6 Å². The number of fused-ring (bicyclic) bond motifs is 1. The van der Waals surface area contributed by atoms with Crippen LogP contribution >= 0.6 is 0 Å². The Morgan fingerprint density at radius 1 is 0.800 bits per heavy atom. The van der Waals surface area contributed by atoms with E-state index in [-0.39, 0.29) is 17.6 Å². The molecule has 2 amide bonds. The normalized spacial score (nSPS) is 10.9. The minimum atomic E-state index is -0.328. The number of benzene rings is 3. The molecule has 0 unspecified atom stereocenters. The van der Waals surface area contributed by atoms with Crippen molar-refractivity contribution in [2.24, 2.45) is 0 Å². The molecule has 5 aromatic rings. The number of para-hydroxylation sites is 1. The predicted octanol–water partition coefficient (Wildman–Crippen LogP) is 6.40. The zero-order valence-electron chi connectivity index (χ0n) is 19.5. The van der Waals surface area contributed by atoms with Crippen LogP contribution in [0.1, 0.15) is 37.7 Å². The number of amides is 2. The largest absolute Gasteiger partial charge is 0.459 e. The van der Waals surface area contributed by atoms with E-state index >= 15 is 0 Å². The molecule has 2 aromatic heterocycles. The number of nitrogens with zero attached hydrogens (tertiary/aromatic N) is 1. The molecule has 0 bridgehead atoms. The number of carbonyl (C=O) groups excluding carboxylic acids is 2. The lowest BCUT2D eigenvalue weighted by molar-refractivity contribution is 0.0994. The molecular weight excluding hydrogens is 438 g/mol. The first-order chi connectivity index (χ1) is 17.0. The Morgan fingerprint density at radius 2 is 1.60 bits per heavy atom. The monoisotopic (exact) mass is 463 g/mol. The maximum absolute atomic E-state index is 13.4. The van der Waals surface area contributed by atoms with Crippen molar-refractivity contribution in [2.45, 2.75) is 20.4 Å². The van der Waals surface area contributed by atoms with Crippen LogP contribution in [0.4, 0.5) is 11.4 Å². The number of carbonyl (C=O) groups is 2. The van der Waals surface area contributed by atoms with Gasteiger partial charge in [0.25, 0.3) is 11.8 Å². The molecule has 0 aliphatic heterocycles. The van der Waals surface area contributed by atoms with Gasteiger partial charge in [0.05, 0.1) is 6.26 Å². The summed E-state index contributed by atoms with van der Waals surface area (Å²) in [6.07, 6.45) is 1.46. The molecule has 2 heterocycles. The van der Waals surface area contributed by atoms with Gasteiger partial charge >= 0.3 is 0 Å². The lowest BCUT2D eigenvalue weighted by Crippen LogP contribution is -2.17. The summed E-state index contributed by atoms with van der Waals surface area (Å²) in [5.41, 5.74) is 6.27. The topological polar surface area (TPSA) is 76.3 Å². The van der Waals surface area contributed by atoms with Crippen molar-refractivity contribution < 1.29 is 14.0 Å². The highest BCUT2D eigenvalue weighted by atomic mass is 16.3. The first-order valence-corrected chi connectivity index (χ1v) is 11.4. The molecule has 0 fully saturated rings. The van der Waals surface area contributed by atoms with Crippen LogP contribution in [0.5, 0.6) is 0 Å². The zero-order valence-corrected chi connectivity index (χ0v) is 19.5. The number of hydrogen-bond donors (Lipinski definition) is 2. The zero-order chi connectivity index (χ0) is 24.4. The van der Waals surface area contributed by atoms with Gasteiger partial charge < -0.3 is 19.6 Å². The molecule has 0 atom stereocenters. The average molecular weight is 464 g/mol. The van der Waals surface area contributed by atoms with Crippen molar-refractivity contribution in [3.05, 3.63) is 119 Å². The molecule has 5 rings (SSSR count). The van der Waals surface area contributed by atoms with Crippen molar-refractivity contribution in [1.82, 2.24) is 4.57 Å². The Labute approximate surface area is 203 Å². The number of furan rings is 1. The van der Waals surface area contributed by atoms with Gasteiger partial charge in [0.1, 0.15) is 5.69 Å². The van der Waals surface area contributed by atoms with Crippen molar-refractivity contribution in [3.63, 3.8) is 0 Å². The molecule has 35 heavy (non-hydrogen) atoms. The van der Waals surface area contributed by atoms with Crippen LogP contribution in [0.3, 0.4) is 0 Å². The Bertz CT molecular complexity index is 1520. The second-order valence-electron chi connectivity index (χ2n) is 8.57. The van der Waals surface area contributed by atoms with E-state index in [1.165, 1.54) is 11.8 Å². The summed E-state index contributed by atoms with van der Waals surface area (Å²) < 4.78 is 7.21. The van der Waals surface area contributed by atoms with Crippen molar-refractivity contribution in [2.75, 3.05) is 10.6 Å². The quantitative estimate of drug-likeness (QED) is 0.306. The van der Waals surface area contributed by atoms with Crippen LogP contribution in [-0.2, 0) is 6.54 Å². The lowest BCUT2D eigenvalue weighted by atomic mass is 10.1. The molecule has 0 aliphatic carbocycles. The summed E-state index contributed by atoms with van der Waals surface area (Å²) in [4.78, 5) is 25.8. The van der Waals surface area contributed by atoms with E-state index in [2.05, 4.69) is 42.7 Å². The SMILES string of the molecule is Cc1ccc(C)c(Cn2c(C(=O)Nc3ccccc3)cc3cc(NC(=O)c4ccco4)ccc32)c1. The first-order valence-electron chi connectivity index (χ1n) is 11.4. The minimum Gasteiger partial charge on any atom is -0.459 e. The van der Waals surface area contributed by atoms with Gasteiger partial charge in [0, 0.05) is 28.8 Å². The van der Waals surface area contributed by atoms with Crippen LogP contribution in [0.25, 0.3) is 10.9 Å². The summed E-state index contributed by atoms with van der Waals surface area (Å²) in [7, 11) is 0. The molecule has 0 saturated carbocycles. The van der Waals surface area contributed by atoms with Gasteiger partial charge in [0.2, 0.25) is 0 Å². The molecule has 0 saturated heterocycles. The van der Waals surface area contributed by atoms with Gasteiger partial charge in [-0.15, -0.1) is 0 Å². The highest BCUT2D eigenvalue weighted by molar-refractivity contribution is 6.07. The minimum absolute atomic E-state index is 0.195. The molecular formula is C29H25N3O3. The third-order valence-electron chi connectivity index (χ3n) is 6.00. The maximum Gasteiger partial charge on any atom is 0.291 e. The summed E-state index contributed by atoms with van der Waals surface area (Å²) >= 11 is 0. The first kappa shape index (κ1) is 22.2. The standard InChI is InChI=1S/C29H25N3O3/c1-19-10-11-20(2)22(15-19)18-32-25-13-12-24(31-29(34)27-9-6-14-35-27)16-21(25)17-26(32)28(33)30-23-7-4-3-5-8-23/h3-17H,18H2,1-2H3,(H,30,33)(H,31,34). The predicted molar refractivity (Wildman–Crippen MR) is 138 cm³/mol. The fourth-order valence-electron chi connectivity index (χ4n) is 4.17. The van der Waals surface area contributed by atoms with E-state index in [9.17, 15) is 9.59 Å². The Kier molecular flexibility index (Phi) is 5.94. The molecule has 0 spiro atoms. The van der Waals surface area contributed by atoms with Crippen LogP contribution in [0.2, 0.25) is 0 Å². The molecule has 0 aliphatic rings. The van der Waals surface area contributed by atoms with Gasteiger partial charge in [-0.2, -0.15) is 0 Å². The molecule has 174 valence electrons. The van der Waals surface area contributed by atoms with Gasteiger partial charge in [-0.1, -0.05) is 42.0 Å². The van der Waals surface area contributed by atoms with Crippen molar-refractivity contribution >= 4 is 34.1 Å². The maximum atomic E-state index is 13.4. The molecule has 6 nitrogen and oxygen atoms in total. The second-order valence-corrected chi connectivity index (χ2v) is 8.57. The average Bonchev–Trinajstić information content (AvgIpc) is 3.51. The molecule has 0 radical (unpaired) electrons. The third kappa shape index (κ3) is 4.73. The summed E-state index contributed by atoms with van der Waals surface area (Å²) in [6, 6.07) is 26.5. The molecule has 6 heteroatoms. The van der Waals surface area contributed by atoms with Gasteiger partial charge in [-0.25, -0.2) is 0 Å². The van der Waals surface area contributed by atoms with Crippen molar-refractivity contribution in [3.8, 4) is 0 Å². The number of rotatable bonds is 6. The fraction of sp³-hybridized carbons (Fsp3) is 0.103. The van der Waals surface area contributed by atoms with Gasteiger partial charge in [-0.05, 0) is 73.5 Å². The van der Waals surface area contributed by atoms with Crippen LogP contribution in [0, 0.1) is 13.8 Å². The van der Waals surface area contributed by atoms with E-state index in [1.54, 1.807) is 12.1 Å². The number of hydrogen-bond acceptors (Lipinski definition) is 3. The highest BCUT2D eigenvalue weighted by Crippen LogP contribution is 2.27. The summed E-state index contributed by atoms with van der Waals surface area (Å²) in [6.45, 7) is 4.69. The van der Waals surface area contributed by atoms with Crippen LogP contribution in [-0.4, -0.2) is 16.4 Å². The number of aromatic nitrogens is 1. The highest BCUT2D eigenvalue weighted by Gasteiger charge is 2.18. The fourth-order valence-corrected chi connectivity index (χ4v) is 4.17. The number of nitrogens with one attached hydrogen (secondary N) is 2. The number of aryl methyl sites for hydroxylation is 2.